The van der Waals surface area contributed by atoms with Gasteiger partial charge < -0.3 is 15.2 Å². The van der Waals surface area contributed by atoms with Gasteiger partial charge in [-0.3, -0.25) is 0 Å². The Morgan fingerprint density at radius 2 is 1.53 bits per heavy atom. The summed E-state index contributed by atoms with van der Waals surface area (Å²) in [6.07, 6.45) is 2.88. The second-order valence-corrected chi connectivity index (χ2v) is 5.35. The number of ether oxygens (including phenoxy) is 2. The summed E-state index contributed by atoms with van der Waals surface area (Å²) in [5.41, 5.74) is 6.01. The van der Waals surface area contributed by atoms with E-state index >= 15 is 0 Å². The molecule has 1 aliphatic rings. The fraction of sp³-hybridized carbons (Fsp3) is 1.00. The monoisotopic (exact) mass is 283 g/mol. The summed E-state index contributed by atoms with van der Waals surface area (Å²) in [6, 6.07) is 0. The van der Waals surface area contributed by atoms with Crippen molar-refractivity contribution in [3.8, 4) is 0 Å². The molecule has 114 valence electrons. The van der Waals surface area contributed by atoms with Gasteiger partial charge in [-0.15, -0.1) is 0 Å². The molecule has 0 aromatic rings. The Bertz CT molecular complexity index is 239. The number of halogens is 3. The Morgan fingerprint density at radius 1 is 0.947 bits per heavy atom. The predicted octanol–water partition coefficient (Wildman–Crippen LogP) is 3.02. The zero-order valence-electron chi connectivity index (χ0n) is 11.3. The highest BCUT2D eigenvalue weighted by Gasteiger charge is 2.27. The van der Waals surface area contributed by atoms with Gasteiger partial charge in [0.05, 0.1) is 6.61 Å². The van der Waals surface area contributed by atoms with Crippen LogP contribution in [0, 0.1) is 0 Å². The molecule has 3 nitrogen and oxygen atoms in total. The molecule has 0 radical (unpaired) electrons. The van der Waals surface area contributed by atoms with Crippen LogP contribution >= 0.6 is 0 Å². The van der Waals surface area contributed by atoms with E-state index in [1.165, 1.54) is 12.8 Å². The van der Waals surface area contributed by atoms with E-state index in [9.17, 15) is 13.2 Å². The highest BCUT2D eigenvalue weighted by molar-refractivity contribution is 4.85. The first-order valence-corrected chi connectivity index (χ1v) is 6.92. The predicted molar refractivity (Wildman–Crippen MR) is 66.9 cm³/mol. The van der Waals surface area contributed by atoms with Crippen LogP contribution in [0.25, 0.3) is 0 Å². The molecule has 0 aromatic heterocycles. The molecule has 1 aliphatic carbocycles. The first-order valence-electron chi connectivity index (χ1n) is 6.92. The first kappa shape index (κ1) is 16.7. The number of rotatable bonds is 7. The summed E-state index contributed by atoms with van der Waals surface area (Å²) in [4.78, 5) is 0. The minimum absolute atomic E-state index is 0.0665. The molecular formula is C13H24F3NO2. The lowest BCUT2D eigenvalue weighted by atomic mass is 9.93. The molecule has 1 rings (SSSR count). The molecular weight excluding hydrogens is 259 g/mol. The molecule has 0 heterocycles. The molecule has 0 unspecified atom stereocenters. The van der Waals surface area contributed by atoms with E-state index in [0.29, 0.717) is 19.6 Å². The second-order valence-electron chi connectivity index (χ2n) is 5.35. The average molecular weight is 283 g/mol. The number of hydrogen-bond donors (Lipinski definition) is 1. The molecule has 0 spiro atoms. The van der Waals surface area contributed by atoms with E-state index in [0.717, 1.165) is 25.7 Å². The van der Waals surface area contributed by atoms with Gasteiger partial charge in [-0.05, 0) is 19.3 Å². The summed E-state index contributed by atoms with van der Waals surface area (Å²) >= 11 is 0. The smallest absolute Gasteiger partial charge is 0.379 e. The van der Waals surface area contributed by atoms with Crippen LogP contribution in [0.1, 0.15) is 44.9 Å². The van der Waals surface area contributed by atoms with E-state index in [-0.39, 0.29) is 12.1 Å². The average Bonchev–Trinajstić information content (AvgIpc) is 2.52. The van der Waals surface area contributed by atoms with Crippen molar-refractivity contribution < 1.29 is 22.6 Å². The van der Waals surface area contributed by atoms with E-state index in [4.69, 9.17) is 10.5 Å². The molecule has 0 bridgehead atoms. The van der Waals surface area contributed by atoms with E-state index in [2.05, 4.69) is 4.74 Å². The topological polar surface area (TPSA) is 44.5 Å². The number of nitrogens with two attached hydrogens (primary N) is 1. The van der Waals surface area contributed by atoms with E-state index in [1.54, 1.807) is 0 Å². The molecule has 19 heavy (non-hydrogen) atoms. The lowest BCUT2D eigenvalue weighted by Crippen LogP contribution is -2.44. The zero-order valence-corrected chi connectivity index (χ0v) is 11.3. The Labute approximate surface area is 112 Å². The van der Waals surface area contributed by atoms with Gasteiger partial charge >= 0.3 is 6.18 Å². The van der Waals surface area contributed by atoms with Crippen LogP contribution in [0.3, 0.4) is 0 Å². The third kappa shape index (κ3) is 8.44. The van der Waals surface area contributed by atoms with Crippen molar-refractivity contribution in [2.75, 3.05) is 26.4 Å². The van der Waals surface area contributed by atoms with Gasteiger partial charge in [0.1, 0.15) is 6.61 Å². The Hall–Kier alpha value is -0.330. The lowest BCUT2D eigenvalue weighted by molar-refractivity contribution is -0.174. The quantitative estimate of drug-likeness (QED) is 0.577. The third-order valence-corrected chi connectivity index (χ3v) is 3.33. The van der Waals surface area contributed by atoms with Crippen molar-refractivity contribution in [2.24, 2.45) is 5.73 Å². The number of hydrogen-bond acceptors (Lipinski definition) is 3. The van der Waals surface area contributed by atoms with Crippen LogP contribution < -0.4 is 5.73 Å². The van der Waals surface area contributed by atoms with Crippen LogP contribution in [0.15, 0.2) is 0 Å². The Morgan fingerprint density at radius 3 is 2.11 bits per heavy atom. The van der Waals surface area contributed by atoms with E-state index in [1.807, 2.05) is 0 Å². The summed E-state index contributed by atoms with van der Waals surface area (Å²) in [5, 5.41) is 0. The minimum Gasteiger partial charge on any atom is -0.379 e. The van der Waals surface area contributed by atoms with Gasteiger partial charge in [0.2, 0.25) is 0 Å². The van der Waals surface area contributed by atoms with Crippen molar-refractivity contribution in [1.82, 2.24) is 0 Å². The van der Waals surface area contributed by atoms with Gasteiger partial charge in [-0.25, -0.2) is 0 Å². The molecule has 0 amide bonds. The van der Waals surface area contributed by atoms with Crippen LogP contribution in [0.4, 0.5) is 13.2 Å². The summed E-state index contributed by atoms with van der Waals surface area (Å²) in [6.45, 7) is -0.228. The maximum Gasteiger partial charge on any atom is 0.411 e. The molecule has 1 saturated carbocycles. The van der Waals surface area contributed by atoms with Crippen molar-refractivity contribution in [1.29, 1.82) is 0 Å². The molecule has 6 heteroatoms. The standard InChI is InChI=1S/C13H24F3NO2/c14-13(15,16)11-19-9-5-8-18-10-12(17)6-3-1-2-4-7-12/h1-11,17H2. The van der Waals surface area contributed by atoms with Crippen molar-refractivity contribution >= 4 is 0 Å². The molecule has 2 N–H and O–H groups in total. The summed E-state index contributed by atoms with van der Waals surface area (Å²) < 4.78 is 45.3. The molecule has 0 aliphatic heterocycles. The Kier molecular flexibility index (Phi) is 7.10. The summed E-state index contributed by atoms with van der Waals surface area (Å²) in [7, 11) is 0. The molecule has 1 fully saturated rings. The molecule has 0 atom stereocenters. The van der Waals surface area contributed by atoms with Gasteiger partial charge in [-0.1, -0.05) is 25.7 Å². The van der Waals surface area contributed by atoms with Crippen molar-refractivity contribution in [2.45, 2.75) is 56.7 Å². The molecule has 0 aromatic carbocycles. The van der Waals surface area contributed by atoms with Gasteiger partial charge in [0.15, 0.2) is 0 Å². The highest BCUT2D eigenvalue weighted by atomic mass is 19.4. The fourth-order valence-corrected chi connectivity index (χ4v) is 2.30. The van der Waals surface area contributed by atoms with Gasteiger partial charge in [0.25, 0.3) is 0 Å². The number of alkyl halides is 3. The highest BCUT2D eigenvalue weighted by Crippen LogP contribution is 2.25. The van der Waals surface area contributed by atoms with E-state index < -0.39 is 12.8 Å². The van der Waals surface area contributed by atoms with Crippen molar-refractivity contribution in [3.05, 3.63) is 0 Å². The second kappa shape index (κ2) is 8.07. The van der Waals surface area contributed by atoms with Crippen LogP contribution in [-0.2, 0) is 9.47 Å². The van der Waals surface area contributed by atoms with Crippen LogP contribution in [0.5, 0.6) is 0 Å². The summed E-state index contributed by atoms with van der Waals surface area (Å²) in [5.74, 6) is 0. The van der Waals surface area contributed by atoms with Gasteiger partial charge in [-0.2, -0.15) is 13.2 Å². The third-order valence-electron chi connectivity index (χ3n) is 3.33. The lowest BCUT2D eigenvalue weighted by Gasteiger charge is -2.27. The fourth-order valence-electron chi connectivity index (χ4n) is 2.30. The SMILES string of the molecule is NC1(COCCCOCC(F)(F)F)CCCCCC1. The molecule has 0 saturated heterocycles. The maximum absolute atomic E-state index is 11.8. The maximum atomic E-state index is 11.8. The zero-order chi connectivity index (χ0) is 14.2. The Balaban J connectivity index is 2.00. The minimum atomic E-state index is -4.25. The largest absolute Gasteiger partial charge is 0.411 e. The normalized spacial score (nSPS) is 20.2. The first-order chi connectivity index (χ1) is 8.91. The van der Waals surface area contributed by atoms with Crippen LogP contribution in [0.2, 0.25) is 0 Å². The van der Waals surface area contributed by atoms with Crippen LogP contribution in [-0.4, -0.2) is 38.1 Å². The van der Waals surface area contributed by atoms with Crippen molar-refractivity contribution in [3.63, 3.8) is 0 Å². The van der Waals surface area contributed by atoms with Gasteiger partial charge in [0, 0.05) is 18.8 Å².